The maximum atomic E-state index is 5.39. The highest BCUT2D eigenvalue weighted by atomic mass is 35.7. The second kappa shape index (κ2) is 5.50. The Morgan fingerprint density at radius 1 is 1.44 bits per heavy atom. The van der Waals surface area contributed by atoms with Gasteiger partial charge in [0.25, 0.3) is 0 Å². The van der Waals surface area contributed by atoms with E-state index in [4.69, 9.17) is 26.6 Å². The summed E-state index contributed by atoms with van der Waals surface area (Å²) >= 11 is 10.8. The minimum absolute atomic E-state index is 0.619. The van der Waals surface area contributed by atoms with Crippen LogP contribution in [0.5, 0.6) is 0 Å². The summed E-state index contributed by atoms with van der Waals surface area (Å²) in [5.41, 5.74) is 0. The van der Waals surface area contributed by atoms with Gasteiger partial charge in [0.2, 0.25) is 0 Å². The molecule has 0 heterocycles. The third-order valence-corrected chi connectivity index (χ3v) is 1.83. The molecule has 0 saturated carbocycles. The largest absolute Gasteiger partial charge is 0.438 e. The van der Waals surface area contributed by atoms with Gasteiger partial charge >= 0.3 is 7.66 Å². The van der Waals surface area contributed by atoms with Crippen LogP contribution >= 0.6 is 22.2 Å². The van der Waals surface area contributed by atoms with Crippen LogP contribution in [0.15, 0.2) is 0 Å². The van der Waals surface area contributed by atoms with E-state index in [1.165, 1.54) is 0 Å². The zero-order chi connectivity index (χ0) is 7.28. The number of nitrogens with zero attached hydrogens (tertiary/aromatic N) is 1. The standard InChI is InChI=1S/C4H10Cl2NOSi/c1-7(2)3-4-8-9(5)6/h3-4H2,1-2H3. The number of likely N-dealkylation sites (N-methyl/N-ethyl adjacent to an activating group) is 1. The average Bonchev–Trinajstić information content (AvgIpc) is 1.63. The van der Waals surface area contributed by atoms with Crippen LogP contribution in [0, 0.1) is 0 Å². The van der Waals surface area contributed by atoms with Gasteiger partial charge in [0.15, 0.2) is 0 Å². The first-order valence-corrected chi connectivity index (χ1v) is 6.01. The minimum Gasteiger partial charge on any atom is -0.390 e. The van der Waals surface area contributed by atoms with Gasteiger partial charge < -0.3 is 9.33 Å². The number of hydrogen-bond donors (Lipinski definition) is 0. The summed E-state index contributed by atoms with van der Waals surface area (Å²) in [6.07, 6.45) is 0. The van der Waals surface area contributed by atoms with Crippen LogP contribution in [-0.4, -0.2) is 39.8 Å². The van der Waals surface area contributed by atoms with Gasteiger partial charge in [-0.15, -0.1) is 22.2 Å². The maximum Gasteiger partial charge on any atom is 0.438 e. The van der Waals surface area contributed by atoms with Gasteiger partial charge in [0.05, 0.1) is 0 Å². The van der Waals surface area contributed by atoms with E-state index in [-0.39, 0.29) is 0 Å². The summed E-state index contributed by atoms with van der Waals surface area (Å²) in [5.74, 6) is 0. The Kier molecular flexibility index (Phi) is 5.94. The molecule has 0 unspecified atom stereocenters. The predicted molar refractivity (Wildman–Crippen MR) is 42.0 cm³/mol. The summed E-state index contributed by atoms with van der Waals surface area (Å²) in [7, 11) is 2.43. The first-order valence-electron chi connectivity index (χ1n) is 2.58. The molecule has 0 saturated heterocycles. The lowest BCUT2D eigenvalue weighted by Gasteiger charge is -2.08. The van der Waals surface area contributed by atoms with Crippen molar-refractivity contribution in [3.05, 3.63) is 0 Å². The van der Waals surface area contributed by atoms with Crippen molar-refractivity contribution in [1.29, 1.82) is 0 Å². The fourth-order valence-electron chi connectivity index (χ4n) is 0.305. The summed E-state index contributed by atoms with van der Waals surface area (Å²) in [6, 6.07) is 0. The first kappa shape index (κ1) is 9.72. The molecule has 2 nitrogen and oxygen atoms in total. The van der Waals surface area contributed by atoms with Crippen molar-refractivity contribution in [3.63, 3.8) is 0 Å². The lowest BCUT2D eigenvalue weighted by atomic mass is 10.6. The van der Waals surface area contributed by atoms with Crippen LogP contribution in [0.25, 0.3) is 0 Å². The molecule has 0 aliphatic rings. The van der Waals surface area contributed by atoms with Gasteiger partial charge in [0.1, 0.15) is 0 Å². The minimum atomic E-state index is -1.51. The molecule has 0 rings (SSSR count). The molecule has 0 aliphatic heterocycles. The second-order valence-electron chi connectivity index (χ2n) is 1.88. The topological polar surface area (TPSA) is 12.5 Å². The normalized spacial score (nSPS) is 11.3. The molecular formula is C4H10Cl2NOSi. The van der Waals surface area contributed by atoms with Gasteiger partial charge in [-0.25, -0.2) is 0 Å². The van der Waals surface area contributed by atoms with Crippen LogP contribution in [0.2, 0.25) is 0 Å². The molecule has 0 amide bonds. The van der Waals surface area contributed by atoms with E-state index in [0.29, 0.717) is 6.61 Å². The molecule has 0 aromatic carbocycles. The van der Waals surface area contributed by atoms with Crippen molar-refractivity contribution in [2.45, 2.75) is 0 Å². The Morgan fingerprint density at radius 3 is 2.33 bits per heavy atom. The molecule has 0 aromatic rings. The first-order chi connectivity index (χ1) is 4.13. The van der Waals surface area contributed by atoms with E-state index in [1.54, 1.807) is 0 Å². The highest BCUT2D eigenvalue weighted by Gasteiger charge is 2.02. The molecule has 9 heavy (non-hydrogen) atoms. The predicted octanol–water partition coefficient (Wildman–Crippen LogP) is 1.03. The monoisotopic (exact) mass is 186 g/mol. The fourth-order valence-corrected chi connectivity index (χ4v) is 1.01. The van der Waals surface area contributed by atoms with Crippen molar-refractivity contribution in [2.75, 3.05) is 27.2 Å². The molecule has 0 fully saturated rings. The lowest BCUT2D eigenvalue weighted by Crippen LogP contribution is -2.19. The van der Waals surface area contributed by atoms with Crippen LogP contribution in [0.3, 0.4) is 0 Å². The van der Waals surface area contributed by atoms with Gasteiger partial charge in [0, 0.05) is 13.2 Å². The smallest absolute Gasteiger partial charge is 0.390 e. The third-order valence-electron chi connectivity index (χ3n) is 0.750. The maximum absolute atomic E-state index is 5.39. The zero-order valence-electron chi connectivity index (χ0n) is 5.53. The van der Waals surface area contributed by atoms with Crippen LogP contribution in [0.4, 0.5) is 0 Å². The van der Waals surface area contributed by atoms with Gasteiger partial charge in [-0.1, -0.05) is 0 Å². The third kappa shape index (κ3) is 8.72. The fraction of sp³-hybridized carbons (Fsp3) is 1.00. The van der Waals surface area contributed by atoms with Crippen molar-refractivity contribution in [3.8, 4) is 0 Å². The average molecular weight is 187 g/mol. The van der Waals surface area contributed by atoms with Crippen LogP contribution in [-0.2, 0) is 4.43 Å². The molecule has 0 spiro atoms. The van der Waals surface area contributed by atoms with Gasteiger partial charge in [-0.3, -0.25) is 0 Å². The van der Waals surface area contributed by atoms with E-state index in [0.717, 1.165) is 6.54 Å². The van der Waals surface area contributed by atoms with Crippen molar-refractivity contribution in [2.24, 2.45) is 0 Å². The van der Waals surface area contributed by atoms with Crippen LogP contribution in [0.1, 0.15) is 0 Å². The van der Waals surface area contributed by atoms with Crippen molar-refractivity contribution < 1.29 is 4.43 Å². The Balaban J connectivity index is 2.91. The molecule has 0 atom stereocenters. The van der Waals surface area contributed by atoms with E-state index in [9.17, 15) is 0 Å². The molecule has 5 heteroatoms. The zero-order valence-corrected chi connectivity index (χ0v) is 8.04. The van der Waals surface area contributed by atoms with Crippen molar-refractivity contribution >= 4 is 29.8 Å². The second-order valence-corrected chi connectivity index (χ2v) is 5.26. The molecule has 0 N–H and O–H groups in total. The summed E-state index contributed by atoms with van der Waals surface area (Å²) in [6.45, 7) is 1.49. The Morgan fingerprint density at radius 2 is 2.00 bits per heavy atom. The van der Waals surface area contributed by atoms with E-state index in [2.05, 4.69) is 0 Å². The molecular weight excluding hydrogens is 177 g/mol. The lowest BCUT2D eigenvalue weighted by molar-refractivity contribution is 0.274. The van der Waals surface area contributed by atoms with E-state index < -0.39 is 7.66 Å². The summed E-state index contributed by atoms with van der Waals surface area (Å²) in [5, 5.41) is 0. The van der Waals surface area contributed by atoms with Gasteiger partial charge in [-0.05, 0) is 14.1 Å². The highest BCUT2D eigenvalue weighted by Crippen LogP contribution is 1.96. The van der Waals surface area contributed by atoms with Crippen molar-refractivity contribution in [1.82, 2.24) is 4.90 Å². The van der Waals surface area contributed by atoms with Crippen LogP contribution < -0.4 is 0 Å². The quantitative estimate of drug-likeness (QED) is 0.481. The Labute approximate surface area is 66.8 Å². The van der Waals surface area contributed by atoms with E-state index >= 15 is 0 Å². The molecule has 0 aliphatic carbocycles. The van der Waals surface area contributed by atoms with Gasteiger partial charge in [-0.2, -0.15) is 0 Å². The Bertz CT molecular complexity index is 63.6. The number of hydrogen-bond acceptors (Lipinski definition) is 2. The molecule has 0 aromatic heterocycles. The summed E-state index contributed by atoms with van der Waals surface area (Å²) < 4.78 is 4.94. The number of halogens is 2. The Hall–Kier alpha value is 0.717. The molecule has 0 bridgehead atoms. The molecule has 1 radical (unpaired) electrons. The molecule has 55 valence electrons. The SMILES string of the molecule is CN(C)CCO[Si](Cl)Cl. The van der Waals surface area contributed by atoms with E-state index in [1.807, 2.05) is 19.0 Å². The highest BCUT2D eigenvalue weighted by molar-refractivity contribution is 7.30. The number of rotatable bonds is 4. The summed E-state index contributed by atoms with van der Waals surface area (Å²) in [4.78, 5) is 2.01.